The van der Waals surface area contributed by atoms with E-state index in [0.29, 0.717) is 22.2 Å². The van der Waals surface area contributed by atoms with Crippen LogP contribution in [0.5, 0.6) is 0 Å². The number of amides is 1. The summed E-state index contributed by atoms with van der Waals surface area (Å²) >= 11 is 12.0. The average molecular weight is 374 g/mol. The lowest BCUT2D eigenvalue weighted by Gasteiger charge is -2.29. The Balaban J connectivity index is 1.87. The van der Waals surface area contributed by atoms with Crippen LogP contribution < -0.4 is 4.90 Å². The SMILES string of the molecule is CC(=O)c1ccc2c(c1)N(C(=O)/C=C/c1ccc(Cl)cc1Cl)CCC2. The van der Waals surface area contributed by atoms with Gasteiger partial charge in [-0.25, -0.2) is 0 Å². The molecule has 0 atom stereocenters. The van der Waals surface area contributed by atoms with Crippen LogP contribution in [0, 0.1) is 0 Å². The molecule has 0 aliphatic carbocycles. The maximum Gasteiger partial charge on any atom is 0.250 e. The van der Waals surface area contributed by atoms with Gasteiger partial charge in [-0.3, -0.25) is 9.59 Å². The number of rotatable bonds is 3. The van der Waals surface area contributed by atoms with E-state index >= 15 is 0 Å². The molecule has 0 bridgehead atoms. The first kappa shape index (κ1) is 17.7. The van der Waals surface area contributed by atoms with Crippen molar-refractivity contribution in [3.63, 3.8) is 0 Å². The Labute approximate surface area is 156 Å². The minimum Gasteiger partial charge on any atom is -0.309 e. The van der Waals surface area contributed by atoms with Crippen LogP contribution in [0.2, 0.25) is 10.0 Å². The monoisotopic (exact) mass is 373 g/mol. The molecule has 2 aromatic rings. The summed E-state index contributed by atoms with van der Waals surface area (Å²) in [6, 6.07) is 10.7. The standard InChI is InChI=1S/C20H17Cl2NO2/c1-13(24)16-5-4-15-3-2-10-23(19(15)11-16)20(25)9-7-14-6-8-17(21)12-18(14)22/h4-9,11-12H,2-3,10H2,1H3/b9-7+. The first-order valence-corrected chi connectivity index (χ1v) is 8.80. The molecule has 128 valence electrons. The van der Waals surface area contributed by atoms with Crippen LogP contribution >= 0.6 is 23.2 Å². The summed E-state index contributed by atoms with van der Waals surface area (Å²) in [6.07, 6.45) is 4.99. The molecule has 0 radical (unpaired) electrons. The molecule has 0 unspecified atom stereocenters. The number of nitrogens with zero attached hydrogens (tertiary/aromatic N) is 1. The van der Waals surface area contributed by atoms with E-state index in [9.17, 15) is 9.59 Å². The van der Waals surface area contributed by atoms with Crippen molar-refractivity contribution in [2.24, 2.45) is 0 Å². The second-order valence-corrected chi connectivity index (χ2v) is 6.84. The van der Waals surface area contributed by atoms with Gasteiger partial charge >= 0.3 is 0 Å². The van der Waals surface area contributed by atoms with Gasteiger partial charge in [0.15, 0.2) is 5.78 Å². The average Bonchev–Trinajstić information content (AvgIpc) is 2.59. The molecule has 2 aromatic carbocycles. The minimum absolute atomic E-state index is 0.00994. The van der Waals surface area contributed by atoms with Crippen molar-refractivity contribution in [2.75, 3.05) is 11.4 Å². The quantitative estimate of drug-likeness (QED) is 0.548. The first-order valence-electron chi connectivity index (χ1n) is 8.04. The molecule has 3 rings (SSSR count). The lowest BCUT2D eigenvalue weighted by atomic mass is 9.98. The molecule has 0 fully saturated rings. The molecule has 1 aliphatic heterocycles. The second-order valence-electron chi connectivity index (χ2n) is 5.99. The minimum atomic E-state index is -0.132. The van der Waals surface area contributed by atoms with E-state index in [4.69, 9.17) is 23.2 Å². The Bertz CT molecular complexity index is 874. The molecule has 1 amide bonds. The van der Waals surface area contributed by atoms with Gasteiger partial charge in [0.2, 0.25) is 0 Å². The third kappa shape index (κ3) is 3.94. The molecule has 1 heterocycles. The molecule has 5 heteroatoms. The van der Waals surface area contributed by atoms with Gasteiger partial charge in [0.1, 0.15) is 0 Å². The Morgan fingerprint density at radius 2 is 1.92 bits per heavy atom. The molecule has 0 saturated heterocycles. The molecule has 1 aliphatic rings. The van der Waals surface area contributed by atoms with Gasteiger partial charge in [-0.2, -0.15) is 0 Å². The number of anilines is 1. The van der Waals surface area contributed by atoms with Gasteiger partial charge in [-0.15, -0.1) is 0 Å². The summed E-state index contributed by atoms with van der Waals surface area (Å²) in [6.45, 7) is 2.16. The van der Waals surface area contributed by atoms with E-state index < -0.39 is 0 Å². The molecule has 3 nitrogen and oxygen atoms in total. The van der Waals surface area contributed by atoms with Gasteiger partial charge in [-0.1, -0.05) is 41.4 Å². The van der Waals surface area contributed by atoms with Crippen LogP contribution in [0.3, 0.4) is 0 Å². The van der Waals surface area contributed by atoms with Crippen molar-refractivity contribution >= 4 is 46.7 Å². The molecule has 0 saturated carbocycles. The van der Waals surface area contributed by atoms with E-state index in [1.54, 1.807) is 35.2 Å². The Morgan fingerprint density at radius 3 is 2.64 bits per heavy atom. The summed E-state index contributed by atoms with van der Waals surface area (Å²) in [5.74, 6) is -0.142. The number of aryl methyl sites for hydroxylation is 1. The Hall–Kier alpha value is -2.10. The number of hydrogen-bond acceptors (Lipinski definition) is 2. The number of halogens is 2. The zero-order valence-electron chi connectivity index (χ0n) is 13.8. The van der Waals surface area contributed by atoms with Crippen LogP contribution in [-0.4, -0.2) is 18.2 Å². The van der Waals surface area contributed by atoms with Gasteiger partial charge < -0.3 is 4.90 Å². The van der Waals surface area contributed by atoms with Crippen LogP contribution in [0.25, 0.3) is 6.08 Å². The number of benzene rings is 2. The summed E-state index contributed by atoms with van der Waals surface area (Å²) in [5.41, 5.74) is 3.25. The van der Waals surface area contributed by atoms with Crippen molar-refractivity contribution < 1.29 is 9.59 Å². The van der Waals surface area contributed by atoms with E-state index in [2.05, 4.69) is 0 Å². The second kappa shape index (κ2) is 7.42. The van der Waals surface area contributed by atoms with Crippen molar-refractivity contribution in [1.29, 1.82) is 0 Å². The first-order chi connectivity index (χ1) is 12.0. The third-order valence-corrected chi connectivity index (χ3v) is 4.81. The lowest BCUT2D eigenvalue weighted by Crippen LogP contribution is -2.34. The molecule has 0 spiro atoms. The van der Waals surface area contributed by atoms with Gasteiger partial charge in [0.25, 0.3) is 5.91 Å². The number of ketones is 1. The smallest absolute Gasteiger partial charge is 0.250 e. The highest BCUT2D eigenvalue weighted by atomic mass is 35.5. The zero-order valence-corrected chi connectivity index (χ0v) is 15.3. The van der Waals surface area contributed by atoms with E-state index in [-0.39, 0.29) is 11.7 Å². The van der Waals surface area contributed by atoms with E-state index in [0.717, 1.165) is 29.7 Å². The van der Waals surface area contributed by atoms with Crippen molar-refractivity contribution in [3.05, 3.63) is 69.2 Å². The van der Waals surface area contributed by atoms with Crippen LogP contribution in [0.4, 0.5) is 5.69 Å². The molecule has 0 N–H and O–H groups in total. The predicted molar refractivity (Wildman–Crippen MR) is 103 cm³/mol. The maximum atomic E-state index is 12.7. The number of carbonyl (C=O) groups excluding carboxylic acids is 2. The summed E-state index contributed by atoms with van der Waals surface area (Å²) < 4.78 is 0. The highest BCUT2D eigenvalue weighted by Crippen LogP contribution is 2.29. The molecule has 25 heavy (non-hydrogen) atoms. The molecule has 0 aromatic heterocycles. The number of hydrogen-bond donors (Lipinski definition) is 0. The van der Waals surface area contributed by atoms with Gasteiger partial charge in [-0.05, 0) is 55.2 Å². The van der Waals surface area contributed by atoms with Crippen molar-refractivity contribution in [1.82, 2.24) is 0 Å². The maximum absolute atomic E-state index is 12.7. The van der Waals surface area contributed by atoms with Gasteiger partial charge in [0, 0.05) is 33.9 Å². The Morgan fingerprint density at radius 1 is 1.12 bits per heavy atom. The largest absolute Gasteiger partial charge is 0.309 e. The highest BCUT2D eigenvalue weighted by molar-refractivity contribution is 6.35. The normalized spacial score (nSPS) is 13.8. The fourth-order valence-electron chi connectivity index (χ4n) is 2.91. The van der Waals surface area contributed by atoms with E-state index in [1.165, 1.54) is 13.0 Å². The third-order valence-electron chi connectivity index (χ3n) is 4.24. The van der Waals surface area contributed by atoms with Crippen molar-refractivity contribution in [3.8, 4) is 0 Å². The lowest BCUT2D eigenvalue weighted by molar-refractivity contribution is -0.114. The van der Waals surface area contributed by atoms with E-state index in [1.807, 2.05) is 12.1 Å². The van der Waals surface area contributed by atoms with Crippen LogP contribution in [0.15, 0.2) is 42.5 Å². The fraction of sp³-hybridized carbons (Fsp3) is 0.200. The topological polar surface area (TPSA) is 37.4 Å². The van der Waals surface area contributed by atoms with Crippen LogP contribution in [0.1, 0.15) is 34.8 Å². The number of carbonyl (C=O) groups is 2. The summed E-state index contributed by atoms with van der Waals surface area (Å²) in [4.78, 5) is 26.0. The molecular formula is C20H17Cl2NO2. The Kier molecular flexibility index (Phi) is 5.26. The predicted octanol–water partition coefficient (Wildman–Crippen LogP) is 5.19. The molecular weight excluding hydrogens is 357 g/mol. The van der Waals surface area contributed by atoms with Crippen LogP contribution in [-0.2, 0) is 11.2 Å². The summed E-state index contributed by atoms with van der Waals surface area (Å²) in [5, 5.41) is 1.05. The fourth-order valence-corrected chi connectivity index (χ4v) is 3.38. The zero-order chi connectivity index (χ0) is 18.0. The highest BCUT2D eigenvalue weighted by Gasteiger charge is 2.22. The van der Waals surface area contributed by atoms with Crippen molar-refractivity contribution in [2.45, 2.75) is 19.8 Å². The number of fused-ring (bicyclic) bond motifs is 1. The number of Topliss-reactive ketones (excluding diaryl/α,β-unsaturated/α-hetero) is 1. The summed E-state index contributed by atoms with van der Waals surface area (Å²) in [7, 11) is 0. The van der Waals surface area contributed by atoms with Gasteiger partial charge in [0.05, 0.1) is 0 Å².